The van der Waals surface area contributed by atoms with Gasteiger partial charge in [-0.1, -0.05) is 18.2 Å². The van der Waals surface area contributed by atoms with Gasteiger partial charge >= 0.3 is 0 Å². The molecule has 1 heterocycles. The molecule has 0 radical (unpaired) electrons. The van der Waals surface area contributed by atoms with Crippen LogP contribution in [-0.4, -0.2) is 56.8 Å². The molecule has 1 aromatic carbocycles. The van der Waals surface area contributed by atoms with E-state index >= 15 is 0 Å². The second-order valence-corrected chi connectivity index (χ2v) is 4.92. The van der Waals surface area contributed by atoms with Crippen LogP contribution in [-0.2, 0) is 0 Å². The van der Waals surface area contributed by atoms with E-state index in [0.29, 0.717) is 6.54 Å². The van der Waals surface area contributed by atoms with E-state index in [4.69, 9.17) is 0 Å². The molecular formula is C14H23N3O. The summed E-state index contributed by atoms with van der Waals surface area (Å²) in [5.41, 5.74) is 2.20. The SMILES string of the molecule is CNCC(O)c1ccccc1N1CCN(C)CC1. The summed E-state index contributed by atoms with van der Waals surface area (Å²) in [4.78, 5) is 4.71. The molecular weight excluding hydrogens is 226 g/mol. The summed E-state index contributed by atoms with van der Waals surface area (Å²) in [5.74, 6) is 0. The quantitative estimate of drug-likeness (QED) is 0.823. The van der Waals surface area contributed by atoms with Gasteiger partial charge in [0.1, 0.15) is 0 Å². The summed E-state index contributed by atoms with van der Waals surface area (Å²) < 4.78 is 0. The fourth-order valence-corrected chi connectivity index (χ4v) is 2.41. The third-order valence-corrected chi connectivity index (χ3v) is 3.54. The Morgan fingerprint density at radius 2 is 1.89 bits per heavy atom. The molecule has 18 heavy (non-hydrogen) atoms. The molecule has 4 heteroatoms. The molecule has 4 nitrogen and oxygen atoms in total. The number of hydrogen-bond donors (Lipinski definition) is 2. The number of anilines is 1. The van der Waals surface area contributed by atoms with Crippen LogP contribution >= 0.6 is 0 Å². The minimum atomic E-state index is -0.439. The highest BCUT2D eigenvalue weighted by atomic mass is 16.3. The van der Waals surface area contributed by atoms with Crippen molar-refractivity contribution in [2.45, 2.75) is 6.10 Å². The Kier molecular flexibility index (Phi) is 4.58. The number of nitrogens with one attached hydrogen (secondary N) is 1. The number of aliphatic hydroxyl groups excluding tert-OH is 1. The Labute approximate surface area is 109 Å². The van der Waals surface area contributed by atoms with Gasteiger partial charge in [0, 0.05) is 44.0 Å². The molecule has 1 aromatic rings. The smallest absolute Gasteiger partial charge is 0.0934 e. The first kappa shape index (κ1) is 13.3. The second kappa shape index (κ2) is 6.18. The molecule has 1 saturated heterocycles. The minimum Gasteiger partial charge on any atom is -0.387 e. The first-order chi connectivity index (χ1) is 8.72. The minimum absolute atomic E-state index is 0.439. The van der Waals surface area contributed by atoms with E-state index in [9.17, 15) is 5.11 Å². The highest BCUT2D eigenvalue weighted by Gasteiger charge is 2.19. The van der Waals surface area contributed by atoms with E-state index in [-0.39, 0.29) is 0 Å². The largest absolute Gasteiger partial charge is 0.387 e. The lowest BCUT2D eigenvalue weighted by Gasteiger charge is -2.35. The van der Waals surface area contributed by atoms with E-state index < -0.39 is 6.10 Å². The molecule has 0 bridgehead atoms. The van der Waals surface area contributed by atoms with Gasteiger partial charge in [0.2, 0.25) is 0 Å². The van der Waals surface area contributed by atoms with Crippen LogP contribution in [0, 0.1) is 0 Å². The van der Waals surface area contributed by atoms with E-state index in [1.54, 1.807) is 0 Å². The van der Waals surface area contributed by atoms with Crippen LogP contribution in [0.15, 0.2) is 24.3 Å². The van der Waals surface area contributed by atoms with Crippen LogP contribution in [0.1, 0.15) is 11.7 Å². The summed E-state index contributed by atoms with van der Waals surface area (Å²) in [5, 5.41) is 13.2. The Hall–Kier alpha value is -1.10. The van der Waals surface area contributed by atoms with E-state index in [0.717, 1.165) is 31.7 Å². The normalized spacial score (nSPS) is 18.9. The molecule has 1 atom stereocenters. The van der Waals surface area contributed by atoms with Crippen LogP contribution in [0.5, 0.6) is 0 Å². The van der Waals surface area contributed by atoms with Crippen molar-refractivity contribution >= 4 is 5.69 Å². The third-order valence-electron chi connectivity index (χ3n) is 3.54. The first-order valence-corrected chi connectivity index (χ1v) is 6.57. The van der Waals surface area contributed by atoms with Crippen LogP contribution in [0.3, 0.4) is 0 Å². The van der Waals surface area contributed by atoms with Crippen molar-refractivity contribution in [2.24, 2.45) is 0 Å². The molecule has 0 aliphatic carbocycles. The fourth-order valence-electron chi connectivity index (χ4n) is 2.41. The summed E-state index contributed by atoms with van der Waals surface area (Å²) in [7, 11) is 4.01. The van der Waals surface area contributed by atoms with Crippen LogP contribution in [0.4, 0.5) is 5.69 Å². The van der Waals surface area contributed by atoms with E-state index in [1.165, 1.54) is 5.69 Å². The standard InChI is InChI=1S/C14H23N3O/c1-15-11-14(18)12-5-3-4-6-13(12)17-9-7-16(2)8-10-17/h3-6,14-15,18H,7-11H2,1-2H3. The monoisotopic (exact) mass is 249 g/mol. The van der Waals surface area contributed by atoms with Crippen LogP contribution in [0.2, 0.25) is 0 Å². The molecule has 0 spiro atoms. The maximum atomic E-state index is 10.2. The molecule has 2 rings (SSSR count). The van der Waals surface area contributed by atoms with Crippen molar-refractivity contribution in [3.05, 3.63) is 29.8 Å². The van der Waals surface area contributed by atoms with Gasteiger partial charge in [-0.15, -0.1) is 0 Å². The fraction of sp³-hybridized carbons (Fsp3) is 0.571. The highest BCUT2D eigenvalue weighted by Crippen LogP contribution is 2.26. The van der Waals surface area contributed by atoms with Gasteiger partial charge in [-0.25, -0.2) is 0 Å². The Morgan fingerprint density at radius 1 is 1.22 bits per heavy atom. The van der Waals surface area contributed by atoms with Crippen molar-refractivity contribution in [1.82, 2.24) is 10.2 Å². The number of benzene rings is 1. The van der Waals surface area contributed by atoms with Gasteiger partial charge < -0.3 is 20.2 Å². The molecule has 2 N–H and O–H groups in total. The maximum Gasteiger partial charge on any atom is 0.0934 e. The van der Waals surface area contributed by atoms with Gasteiger partial charge in [-0.3, -0.25) is 0 Å². The Morgan fingerprint density at radius 3 is 2.56 bits per heavy atom. The summed E-state index contributed by atoms with van der Waals surface area (Å²) in [6, 6.07) is 8.17. The Bertz CT molecular complexity index is 375. The van der Waals surface area contributed by atoms with Gasteiger partial charge in [0.25, 0.3) is 0 Å². The number of nitrogens with zero attached hydrogens (tertiary/aromatic N) is 2. The van der Waals surface area contributed by atoms with Crippen molar-refractivity contribution in [3.8, 4) is 0 Å². The second-order valence-electron chi connectivity index (χ2n) is 4.92. The molecule has 1 fully saturated rings. The number of hydrogen-bond acceptors (Lipinski definition) is 4. The molecule has 0 saturated carbocycles. The lowest BCUT2D eigenvalue weighted by molar-refractivity contribution is 0.178. The van der Waals surface area contributed by atoms with Crippen molar-refractivity contribution in [1.29, 1.82) is 0 Å². The average Bonchev–Trinajstić information content (AvgIpc) is 2.40. The summed E-state index contributed by atoms with van der Waals surface area (Å²) in [6.07, 6.45) is -0.439. The van der Waals surface area contributed by atoms with Crippen LogP contribution < -0.4 is 10.2 Å². The van der Waals surface area contributed by atoms with Crippen molar-refractivity contribution < 1.29 is 5.11 Å². The Balaban J connectivity index is 2.16. The molecule has 0 amide bonds. The number of likely N-dealkylation sites (N-methyl/N-ethyl adjacent to an activating group) is 2. The van der Waals surface area contributed by atoms with E-state index in [2.05, 4.69) is 28.2 Å². The predicted molar refractivity (Wildman–Crippen MR) is 75.0 cm³/mol. The lowest BCUT2D eigenvalue weighted by atomic mass is 10.1. The van der Waals surface area contributed by atoms with Gasteiger partial charge in [0.05, 0.1) is 6.10 Å². The summed E-state index contributed by atoms with van der Waals surface area (Å²) >= 11 is 0. The zero-order valence-corrected chi connectivity index (χ0v) is 11.3. The van der Waals surface area contributed by atoms with E-state index in [1.807, 2.05) is 25.2 Å². The van der Waals surface area contributed by atoms with Crippen molar-refractivity contribution in [3.63, 3.8) is 0 Å². The first-order valence-electron chi connectivity index (χ1n) is 6.57. The topological polar surface area (TPSA) is 38.7 Å². The third kappa shape index (κ3) is 3.02. The number of rotatable bonds is 4. The van der Waals surface area contributed by atoms with Gasteiger partial charge in [-0.05, 0) is 20.2 Å². The number of piperazine rings is 1. The van der Waals surface area contributed by atoms with Crippen LogP contribution in [0.25, 0.3) is 0 Å². The van der Waals surface area contributed by atoms with Gasteiger partial charge in [-0.2, -0.15) is 0 Å². The zero-order chi connectivity index (χ0) is 13.0. The van der Waals surface area contributed by atoms with Crippen molar-refractivity contribution in [2.75, 3.05) is 51.7 Å². The lowest BCUT2D eigenvalue weighted by Crippen LogP contribution is -2.45. The average molecular weight is 249 g/mol. The molecule has 1 unspecified atom stereocenters. The summed E-state index contributed by atoms with van der Waals surface area (Å²) in [6.45, 7) is 4.80. The zero-order valence-electron chi connectivity index (χ0n) is 11.3. The number of para-hydroxylation sites is 1. The van der Waals surface area contributed by atoms with Gasteiger partial charge in [0.15, 0.2) is 0 Å². The highest BCUT2D eigenvalue weighted by molar-refractivity contribution is 5.55. The predicted octanol–water partition coefficient (Wildman–Crippen LogP) is 0.691. The molecule has 1 aliphatic heterocycles. The molecule has 0 aromatic heterocycles. The maximum absolute atomic E-state index is 10.2. The number of aliphatic hydroxyl groups is 1. The molecule has 1 aliphatic rings. The molecule has 100 valence electrons.